The predicted octanol–water partition coefficient (Wildman–Crippen LogP) is 2.10. The maximum Gasteiger partial charge on any atom is 0.244 e. The Morgan fingerprint density at radius 1 is 1.35 bits per heavy atom. The maximum absolute atomic E-state index is 5.95. The van der Waals surface area contributed by atoms with Crippen molar-refractivity contribution in [3.63, 3.8) is 0 Å². The molecule has 5 nitrogen and oxygen atoms in total. The van der Waals surface area contributed by atoms with Gasteiger partial charge in [0.25, 0.3) is 0 Å². The number of hydrogen-bond donors (Lipinski definition) is 1. The van der Waals surface area contributed by atoms with Crippen LogP contribution in [0.3, 0.4) is 0 Å². The molecule has 0 radical (unpaired) electrons. The van der Waals surface area contributed by atoms with Crippen LogP contribution >= 0.6 is 0 Å². The van der Waals surface area contributed by atoms with Crippen LogP contribution in [0.5, 0.6) is 0 Å². The summed E-state index contributed by atoms with van der Waals surface area (Å²) >= 11 is 0. The first-order valence-electron chi connectivity index (χ1n) is 5.60. The zero-order valence-corrected chi connectivity index (χ0v) is 10.2. The standard InChI is InChI=1S/C12H16N4O/c1-7(2)9(13)12-15-11(16-17-12)10-8(3)5-4-6-14-10/h4-7,9H,13H2,1-3H3. The molecule has 0 aliphatic carbocycles. The van der Waals surface area contributed by atoms with Gasteiger partial charge in [-0.1, -0.05) is 25.1 Å². The first kappa shape index (κ1) is 11.7. The van der Waals surface area contributed by atoms with E-state index in [4.69, 9.17) is 10.3 Å². The molecular formula is C12H16N4O. The Morgan fingerprint density at radius 2 is 2.12 bits per heavy atom. The lowest BCUT2D eigenvalue weighted by Gasteiger charge is -2.09. The molecule has 2 N–H and O–H groups in total. The van der Waals surface area contributed by atoms with E-state index >= 15 is 0 Å². The molecule has 1 atom stereocenters. The van der Waals surface area contributed by atoms with Crippen molar-refractivity contribution < 1.29 is 4.52 Å². The molecule has 2 heterocycles. The van der Waals surface area contributed by atoms with E-state index in [0.717, 1.165) is 11.3 Å². The number of nitrogens with zero attached hydrogens (tertiary/aromatic N) is 3. The van der Waals surface area contributed by atoms with Crippen LogP contribution in [0.2, 0.25) is 0 Å². The lowest BCUT2D eigenvalue weighted by atomic mass is 10.1. The highest BCUT2D eigenvalue weighted by atomic mass is 16.5. The molecule has 2 aromatic rings. The van der Waals surface area contributed by atoms with Crippen molar-refractivity contribution >= 4 is 0 Å². The van der Waals surface area contributed by atoms with Gasteiger partial charge < -0.3 is 10.3 Å². The maximum atomic E-state index is 5.95. The molecule has 0 aliphatic heterocycles. The molecular weight excluding hydrogens is 216 g/mol. The number of pyridine rings is 1. The number of nitrogens with two attached hydrogens (primary N) is 1. The van der Waals surface area contributed by atoms with E-state index in [0.29, 0.717) is 11.7 Å². The molecule has 0 spiro atoms. The first-order chi connectivity index (χ1) is 8.09. The van der Waals surface area contributed by atoms with Gasteiger partial charge in [0.15, 0.2) is 0 Å². The lowest BCUT2D eigenvalue weighted by molar-refractivity contribution is 0.325. The minimum Gasteiger partial charge on any atom is -0.337 e. The summed E-state index contributed by atoms with van der Waals surface area (Å²) in [6.07, 6.45) is 1.71. The minimum atomic E-state index is -0.236. The quantitative estimate of drug-likeness (QED) is 0.876. The Labute approximate surface area is 100 Å². The second-order valence-electron chi connectivity index (χ2n) is 4.39. The third-order valence-electron chi connectivity index (χ3n) is 2.67. The van der Waals surface area contributed by atoms with Crippen molar-refractivity contribution in [1.29, 1.82) is 0 Å². The second-order valence-corrected chi connectivity index (χ2v) is 4.39. The Balaban J connectivity index is 2.34. The molecule has 2 aromatic heterocycles. The monoisotopic (exact) mass is 232 g/mol. The highest BCUT2D eigenvalue weighted by Gasteiger charge is 2.19. The van der Waals surface area contributed by atoms with Crippen LogP contribution in [0.4, 0.5) is 0 Å². The molecule has 0 amide bonds. The smallest absolute Gasteiger partial charge is 0.244 e. The van der Waals surface area contributed by atoms with Gasteiger partial charge in [0.2, 0.25) is 11.7 Å². The molecule has 0 aliphatic rings. The van der Waals surface area contributed by atoms with Gasteiger partial charge in [0, 0.05) is 6.20 Å². The van der Waals surface area contributed by atoms with Crippen molar-refractivity contribution in [3.8, 4) is 11.5 Å². The van der Waals surface area contributed by atoms with Gasteiger partial charge in [0.05, 0.1) is 6.04 Å². The predicted molar refractivity (Wildman–Crippen MR) is 64.0 cm³/mol. The Hall–Kier alpha value is -1.75. The van der Waals surface area contributed by atoms with Crippen molar-refractivity contribution in [2.75, 3.05) is 0 Å². The fourth-order valence-corrected chi connectivity index (χ4v) is 1.47. The van der Waals surface area contributed by atoms with Gasteiger partial charge in [0.1, 0.15) is 5.69 Å². The van der Waals surface area contributed by atoms with Crippen molar-refractivity contribution in [1.82, 2.24) is 15.1 Å². The second kappa shape index (κ2) is 4.63. The van der Waals surface area contributed by atoms with E-state index < -0.39 is 0 Å². The van der Waals surface area contributed by atoms with E-state index in [1.165, 1.54) is 0 Å². The Bertz CT molecular complexity index is 507. The summed E-state index contributed by atoms with van der Waals surface area (Å²) in [5, 5.41) is 3.92. The van der Waals surface area contributed by atoms with Crippen LogP contribution < -0.4 is 5.73 Å². The molecule has 90 valence electrons. The lowest BCUT2D eigenvalue weighted by Crippen LogP contribution is -2.16. The summed E-state index contributed by atoms with van der Waals surface area (Å²) < 4.78 is 5.17. The molecule has 0 fully saturated rings. The third kappa shape index (κ3) is 2.34. The van der Waals surface area contributed by atoms with Crippen molar-refractivity contribution in [3.05, 3.63) is 29.8 Å². The van der Waals surface area contributed by atoms with Gasteiger partial charge >= 0.3 is 0 Å². The van der Waals surface area contributed by atoms with E-state index in [-0.39, 0.29) is 12.0 Å². The Kier molecular flexibility index (Phi) is 3.19. The summed E-state index contributed by atoms with van der Waals surface area (Å²) in [7, 11) is 0. The van der Waals surface area contributed by atoms with Gasteiger partial charge in [-0.25, -0.2) is 0 Å². The van der Waals surface area contributed by atoms with E-state index in [1.54, 1.807) is 6.20 Å². The largest absolute Gasteiger partial charge is 0.337 e. The first-order valence-corrected chi connectivity index (χ1v) is 5.60. The summed E-state index contributed by atoms with van der Waals surface area (Å²) in [6, 6.07) is 3.60. The fraction of sp³-hybridized carbons (Fsp3) is 0.417. The molecule has 17 heavy (non-hydrogen) atoms. The van der Waals surface area contributed by atoms with Crippen LogP contribution in [0.15, 0.2) is 22.9 Å². The van der Waals surface area contributed by atoms with Gasteiger partial charge in [-0.3, -0.25) is 4.98 Å². The van der Waals surface area contributed by atoms with Crippen LogP contribution in [-0.4, -0.2) is 15.1 Å². The van der Waals surface area contributed by atoms with E-state index in [2.05, 4.69) is 15.1 Å². The highest BCUT2D eigenvalue weighted by molar-refractivity contribution is 5.53. The molecule has 0 bridgehead atoms. The summed E-state index contributed by atoms with van der Waals surface area (Å²) in [4.78, 5) is 8.54. The number of aryl methyl sites for hydroxylation is 1. The zero-order chi connectivity index (χ0) is 12.4. The van der Waals surface area contributed by atoms with E-state index in [1.807, 2.05) is 32.9 Å². The molecule has 0 aromatic carbocycles. The van der Waals surface area contributed by atoms with Gasteiger partial charge in [-0.2, -0.15) is 4.98 Å². The summed E-state index contributed by atoms with van der Waals surface area (Å²) in [5.41, 5.74) is 7.70. The van der Waals surface area contributed by atoms with Crippen LogP contribution in [-0.2, 0) is 0 Å². The van der Waals surface area contributed by atoms with Gasteiger partial charge in [-0.15, -0.1) is 0 Å². The fourth-order valence-electron chi connectivity index (χ4n) is 1.47. The topological polar surface area (TPSA) is 77.8 Å². The summed E-state index contributed by atoms with van der Waals surface area (Å²) in [6.45, 7) is 5.99. The Morgan fingerprint density at radius 3 is 2.76 bits per heavy atom. The molecule has 0 saturated heterocycles. The molecule has 5 heteroatoms. The van der Waals surface area contributed by atoms with Crippen LogP contribution in [0, 0.1) is 12.8 Å². The average molecular weight is 232 g/mol. The summed E-state index contributed by atoms with van der Waals surface area (Å²) in [5.74, 6) is 1.21. The van der Waals surface area contributed by atoms with Crippen molar-refractivity contribution in [2.24, 2.45) is 11.7 Å². The van der Waals surface area contributed by atoms with Crippen molar-refractivity contribution in [2.45, 2.75) is 26.8 Å². The molecule has 1 unspecified atom stereocenters. The van der Waals surface area contributed by atoms with Crippen LogP contribution in [0.25, 0.3) is 11.5 Å². The zero-order valence-electron chi connectivity index (χ0n) is 10.2. The SMILES string of the molecule is Cc1cccnc1-c1noc(C(N)C(C)C)n1. The third-order valence-corrected chi connectivity index (χ3v) is 2.67. The molecule has 0 saturated carbocycles. The molecule has 2 rings (SSSR count). The highest BCUT2D eigenvalue weighted by Crippen LogP contribution is 2.21. The minimum absolute atomic E-state index is 0.236. The normalized spacial score (nSPS) is 13.0. The average Bonchev–Trinajstić information content (AvgIpc) is 2.77. The van der Waals surface area contributed by atoms with Crippen LogP contribution in [0.1, 0.15) is 31.3 Å². The number of hydrogen-bond acceptors (Lipinski definition) is 5. The number of rotatable bonds is 3. The van der Waals surface area contributed by atoms with E-state index in [9.17, 15) is 0 Å². The number of aromatic nitrogens is 3. The van der Waals surface area contributed by atoms with Gasteiger partial charge in [-0.05, 0) is 24.5 Å².